The van der Waals surface area contributed by atoms with Crippen molar-refractivity contribution in [3.05, 3.63) is 42.4 Å². The summed E-state index contributed by atoms with van der Waals surface area (Å²) in [5.74, 6) is -8.26. The zero-order chi connectivity index (χ0) is 43.3. The van der Waals surface area contributed by atoms with Crippen molar-refractivity contribution in [2.24, 2.45) is 29.1 Å². The molecule has 324 valence electrons. The van der Waals surface area contributed by atoms with Crippen LogP contribution < -0.4 is 14.2 Å². The van der Waals surface area contributed by atoms with E-state index in [1.54, 1.807) is 6.92 Å². The van der Waals surface area contributed by atoms with E-state index in [1.165, 1.54) is 36.4 Å². The van der Waals surface area contributed by atoms with Gasteiger partial charge in [0.1, 0.15) is 17.7 Å². The van der Waals surface area contributed by atoms with Crippen LogP contribution in [0.25, 0.3) is 10.8 Å². The number of aromatic nitrogens is 1. The maximum atomic E-state index is 15.0. The van der Waals surface area contributed by atoms with Crippen LogP contribution >= 0.6 is 0 Å². The molecule has 6 rings (SSSR count). The van der Waals surface area contributed by atoms with Crippen molar-refractivity contribution >= 4 is 44.4 Å². The molecule has 0 bridgehead atoms. The lowest BCUT2D eigenvalue weighted by atomic mass is 9.79. The van der Waals surface area contributed by atoms with E-state index in [1.807, 2.05) is 26.0 Å². The van der Waals surface area contributed by atoms with Gasteiger partial charge in [0.15, 0.2) is 11.4 Å². The normalized spacial score (nSPS) is 29.4. The number of rotatable bonds is 11. The molecule has 2 aliphatic carbocycles. The first-order chi connectivity index (χ1) is 27.5. The van der Waals surface area contributed by atoms with Gasteiger partial charge in [-0.2, -0.15) is 0 Å². The zero-order valence-electron chi connectivity index (χ0n) is 34.8. The van der Waals surface area contributed by atoms with Gasteiger partial charge in [0.2, 0.25) is 27.7 Å². The number of amides is 2. The Morgan fingerprint density at radius 3 is 2.46 bits per heavy atom. The quantitative estimate of drug-likeness (QED) is 0.183. The number of Topliss-reactive ketones (excluding diaryl/α,β-unsaturated/α-hetero) is 1. The summed E-state index contributed by atoms with van der Waals surface area (Å²) in [4.78, 5) is 63.0. The monoisotopic (exact) mass is 847 g/mol. The standard InChI is InChI=1S/C43H56F3N3O9S/c1-8-26-17-25(2)11-9-10-12-27-21-43(27,39(53)48-59(54,55)41(5)15-16-41)22-34(50)33-19-29(57-37-32-18-28(44)13-14-30(32)35(56-7)23-47-37)24-49(33)38(52)31(26)20-36(51)58-40(3,4)42(6,45)46/h10,12-14,18,23,25-27,29,31,33H,8-9,11,15-17,19-22,24H2,1-7H3,(H,48,53)/b12-10-/t25-,26+,27+,29+,31-,33-,43+/m0/s1. The Kier molecular flexibility index (Phi) is 12.3. The van der Waals surface area contributed by atoms with E-state index >= 15 is 4.79 Å². The molecule has 59 heavy (non-hydrogen) atoms. The molecule has 1 aromatic carbocycles. The minimum absolute atomic E-state index is 0.0260. The number of ketones is 1. The van der Waals surface area contributed by atoms with Crippen molar-refractivity contribution in [2.75, 3.05) is 13.7 Å². The second-order valence-electron chi connectivity index (χ2n) is 18.0. The first-order valence-corrected chi connectivity index (χ1v) is 22.0. The fourth-order valence-corrected chi connectivity index (χ4v) is 9.85. The van der Waals surface area contributed by atoms with Crippen LogP contribution in [0.5, 0.6) is 11.6 Å². The number of methoxy groups -OCH3 is 1. The summed E-state index contributed by atoms with van der Waals surface area (Å²) in [5, 5.41) is 0.796. The third-order valence-electron chi connectivity index (χ3n) is 13.2. The molecule has 2 aromatic rings. The van der Waals surface area contributed by atoms with Gasteiger partial charge in [-0.3, -0.25) is 23.9 Å². The largest absolute Gasteiger partial charge is 0.494 e. The Labute approximate surface area is 344 Å². The summed E-state index contributed by atoms with van der Waals surface area (Å²) in [7, 11) is -2.59. The summed E-state index contributed by atoms with van der Waals surface area (Å²) in [6, 6.07) is 2.83. The van der Waals surface area contributed by atoms with Gasteiger partial charge >= 0.3 is 5.97 Å². The number of nitrogens with one attached hydrogen (secondary N) is 1. The van der Waals surface area contributed by atoms with Gasteiger partial charge in [0.25, 0.3) is 5.92 Å². The first kappa shape index (κ1) is 44.3. The molecule has 0 radical (unpaired) electrons. The van der Waals surface area contributed by atoms with E-state index in [4.69, 9.17) is 14.2 Å². The summed E-state index contributed by atoms with van der Waals surface area (Å²) >= 11 is 0. The number of alkyl halides is 2. The molecule has 12 nitrogen and oxygen atoms in total. The summed E-state index contributed by atoms with van der Waals surface area (Å²) in [5.41, 5.74) is -3.56. The van der Waals surface area contributed by atoms with Crippen molar-refractivity contribution in [2.45, 2.75) is 134 Å². The second-order valence-corrected chi connectivity index (χ2v) is 20.2. The second kappa shape index (κ2) is 16.3. The number of fused-ring (bicyclic) bond motifs is 3. The summed E-state index contributed by atoms with van der Waals surface area (Å²) in [6.45, 7) is 8.16. The van der Waals surface area contributed by atoms with Crippen LogP contribution in [0.3, 0.4) is 0 Å². The summed E-state index contributed by atoms with van der Waals surface area (Å²) in [6.07, 6.45) is 6.67. The number of hydrogen-bond acceptors (Lipinski definition) is 10. The van der Waals surface area contributed by atoms with Gasteiger partial charge in [0.05, 0.1) is 53.8 Å². The predicted octanol–water partition coefficient (Wildman–Crippen LogP) is 7.08. The third kappa shape index (κ3) is 9.12. The van der Waals surface area contributed by atoms with Crippen LogP contribution in [0.4, 0.5) is 13.2 Å². The number of carbonyl (C=O) groups is 4. The number of ether oxygens (including phenoxy) is 3. The fourth-order valence-electron chi connectivity index (χ4n) is 8.52. The van der Waals surface area contributed by atoms with Gasteiger partial charge in [-0.1, -0.05) is 32.4 Å². The lowest BCUT2D eigenvalue weighted by Crippen LogP contribution is -2.49. The van der Waals surface area contributed by atoms with E-state index in [0.29, 0.717) is 56.6 Å². The van der Waals surface area contributed by atoms with Crippen LogP contribution in [0, 0.1) is 34.9 Å². The van der Waals surface area contributed by atoms with Crippen molar-refractivity contribution < 1.29 is 55.0 Å². The van der Waals surface area contributed by atoms with Crippen LogP contribution in [0.1, 0.15) is 106 Å². The van der Waals surface area contributed by atoms with Gasteiger partial charge in [-0.25, -0.2) is 26.6 Å². The van der Waals surface area contributed by atoms with Crippen LogP contribution in [0.15, 0.2) is 36.5 Å². The molecule has 0 unspecified atom stereocenters. The fraction of sp³-hybridized carbons (Fsp3) is 0.651. The van der Waals surface area contributed by atoms with E-state index in [2.05, 4.69) is 9.71 Å². The number of sulfonamides is 1. The number of carbonyl (C=O) groups excluding carboxylic acids is 4. The van der Waals surface area contributed by atoms with Crippen molar-refractivity contribution in [3.63, 3.8) is 0 Å². The smallest absolute Gasteiger partial charge is 0.307 e. The Balaban J connectivity index is 1.38. The maximum absolute atomic E-state index is 15.0. The highest BCUT2D eigenvalue weighted by atomic mass is 32.2. The number of esters is 1. The highest BCUT2D eigenvalue weighted by molar-refractivity contribution is 7.91. The number of hydrogen-bond donors (Lipinski definition) is 1. The third-order valence-corrected chi connectivity index (χ3v) is 15.4. The molecule has 3 fully saturated rings. The first-order valence-electron chi connectivity index (χ1n) is 20.5. The highest BCUT2D eigenvalue weighted by Gasteiger charge is 2.63. The van der Waals surface area contributed by atoms with Gasteiger partial charge in [-0.05, 0) is 95.2 Å². The SMILES string of the molecule is CC[C@@H]1C[C@@H](C)CC/C=C\[C@@H]2C[C@@]2(C(=O)NS(=O)(=O)C2(C)CC2)CC(=O)[C@@H]2C[C@@H](Oc3ncc(OC)c4ccc(F)cc34)CN2C(=O)[C@H]1CC(=O)OC(C)(C)C(C)(F)F. The van der Waals surface area contributed by atoms with Crippen molar-refractivity contribution in [1.82, 2.24) is 14.6 Å². The molecule has 0 spiro atoms. The Bertz CT molecular complexity index is 2120. The molecule has 1 aromatic heterocycles. The Morgan fingerprint density at radius 1 is 1.10 bits per heavy atom. The molecule has 1 saturated heterocycles. The highest BCUT2D eigenvalue weighted by Crippen LogP contribution is 2.58. The van der Waals surface area contributed by atoms with E-state index in [-0.39, 0.29) is 43.0 Å². The molecule has 2 saturated carbocycles. The van der Waals surface area contributed by atoms with Gasteiger partial charge < -0.3 is 19.1 Å². The number of allylic oxidation sites excluding steroid dienone is 2. The van der Waals surface area contributed by atoms with Gasteiger partial charge in [-0.15, -0.1) is 0 Å². The number of nitrogens with zero attached hydrogens (tertiary/aromatic N) is 2. The van der Waals surface area contributed by atoms with Crippen molar-refractivity contribution in [3.8, 4) is 11.6 Å². The van der Waals surface area contributed by atoms with E-state index in [9.17, 15) is 36.0 Å². The van der Waals surface area contributed by atoms with E-state index in [0.717, 1.165) is 13.8 Å². The molecule has 4 aliphatic rings. The predicted molar refractivity (Wildman–Crippen MR) is 212 cm³/mol. The molecule has 2 aliphatic heterocycles. The molecule has 1 N–H and O–H groups in total. The average Bonchev–Trinajstić information content (AvgIpc) is 4.03. The minimum atomic E-state index is -4.04. The number of pyridine rings is 1. The van der Waals surface area contributed by atoms with Crippen LogP contribution in [-0.2, 0) is 33.9 Å². The topological polar surface area (TPSA) is 158 Å². The molecule has 16 heteroatoms. The lowest BCUT2D eigenvalue weighted by molar-refractivity contribution is -0.197. The maximum Gasteiger partial charge on any atom is 0.307 e. The molecular weight excluding hydrogens is 792 g/mol. The Hall–Kier alpha value is -4.21. The summed E-state index contributed by atoms with van der Waals surface area (Å²) < 4.78 is 88.4. The lowest BCUT2D eigenvalue weighted by Gasteiger charge is -2.35. The van der Waals surface area contributed by atoms with E-state index < -0.39 is 97.4 Å². The molecular formula is C43H56F3N3O9S. The van der Waals surface area contributed by atoms with Crippen LogP contribution in [-0.4, -0.2) is 83.9 Å². The average molecular weight is 848 g/mol. The minimum Gasteiger partial charge on any atom is -0.494 e. The molecule has 7 atom stereocenters. The molecule has 2 amide bonds. The molecule has 3 heterocycles. The number of halogens is 3. The van der Waals surface area contributed by atoms with Gasteiger partial charge in [0, 0.05) is 25.2 Å². The zero-order valence-corrected chi connectivity index (χ0v) is 35.6. The number of benzene rings is 1. The Morgan fingerprint density at radius 2 is 1.81 bits per heavy atom. The van der Waals surface area contributed by atoms with Crippen molar-refractivity contribution in [1.29, 1.82) is 0 Å². The van der Waals surface area contributed by atoms with Crippen LogP contribution in [0.2, 0.25) is 0 Å².